The van der Waals surface area contributed by atoms with Crippen LogP contribution in [0.25, 0.3) is 0 Å². The molecule has 0 aliphatic heterocycles. The van der Waals surface area contributed by atoms with Crippen LogP contribution in [0.1, 0.15) is 13.8 Å². The first-order valence-corrected chi connectivity index (χ1v) is 2.04. The van der Waals surface area contributed by atoms with Crippen molar-refractivity contribution in [1.82, 2.24) is 0 Å². The van der Waals surface area contributed by atoms with Crippen LogP contribution in [-0.4, -0.2) is 6.10 Å². The zero-order chi connectivity index (χ0) is 6.28. The summed E-state index contributed by atoms with van der Waals surface area (Å²) in [5, 5.41) is 0. The highest BCUT2D eigenvalue weighted by Crippen LogP contribution is 1.83. The fourth-order valence-corrected chi connectivity index (χ4v) is 0. The first-order valence-electron chi connectivity index (χ1n) is 2.04. The van der Waals surface area contributed by atoms with Crippen molar-refractivity contribution in [1.29, 1.82) is 0 Å². The minimum atomic E-state index is -0.282. The highest BCUT2D eigenvalue weighted by atomic mass is 19.3. The zero-order valence-corrected chi connectivity index (χ0v) is 4.78. The van der Waals surface area contributed by atoms with Gasteiger partial charge in [-0.2, -0.15) is 4.94 Å². The van der Waals surface area contributed by atoms with Crippen molar-refractivity contribution in [3.63, 3.8) is 0 Å². The Bertz CT molecular complexity index is 29.3. The Hall–Kier alpha value is -0.370. The summed E-state index contributed by atoms with van der Waals surface area (Å²) in [6.45, 7) is 9.25. The lowest BCUT2D eigenvalue weighted by Crippen LogP contribution is -1.90. The molecule has 0 aliphatic rings. The Labute approximate surface area is 43.7 Å². The smallest absolute Gasteiger partial charge is 0.0927 e. The van der Waals surface area contributed by atoms with Crippen molar-refractivity contribution in [2.45, 2.75) is 20.0 Å². The molecule has 0 radical (unpaired) electrons. The molecule has 0 aromatic carbocycles. The molecule has 0 aromatic heterocycles. The van der Waals surface area contributed by atoms with Crippen molar-refractivity contribution < 1.29 is 9.47 Å². The van der Waals surface area contributed by atoms with E-state index in [2.05, 4.69) is 18.1 Å². The fourth-order valence-electron chi connectivity index (χ4n) is 0. The van der Waals surface area contributed by atoms with E-state index in [1.54, 1.807) is 13.8 Å². The Morgan fingerprint density at radius 3 is 1.57 bits per heavy atom. The van der Waals surface area contributed by atoms with Gasteiger partial charge in [-0.15, -0.1) is 13.2 Å². The van der Waals surface area contributed by atoms with Crippen LogP contribution in [0.4, 0.5) is 4.53 Å². The third kappa shape index (κ3) is 27.9. The van der Waals surface area contributed by atoms with Crippen LogP contribution in [-0.2, 0) is 4.94 Å². The molecule has 0 saturated heterocycles. The van der Waals surface area contributed by atoms with Crippen LogP contribution in [0, 0.1) is 0 Å². The van der Waals surface area contributed by atoms with Gasteiger partial charge in [0.1, 0.15) is 0 Å². The molecule has 7 heavy (non-hydrogen) atoms. The Balaban J connectivity index is 0. The second kappa shape index (κ2) is 9.16. The van der Waals surface area contributed by atoms with E-state index < -0.39 is 0 Å². The minimum absolute atomic E-state index is 0.282. The molecule has 0 unspecified atom stereocenters. The summed E-state index contributed by atoms with van der Waals surface area (Å²) < 4.78 is 10.6. The third-order valence-corrected chi connectivity index (χ3v) is 0.178. The van der Waals surface area contributed by atoms with Crippen LogP contribution in [0.15, 0.2) is 13.2 Å². The normalized spacial score (nSPS) is 7.43. The standard InChI is InChI=1S/C3H7FO.C2H4/c1-3(2)5-4;1-2/h3H,1-2H3;1-2H2. The lowest BCUT2D eigenvalue weighted by Gasteiger charge is -1.87. The molecule has 0 atom stereocenters. The molecule has 0 spiro atoms. The Morgan fingerprint density at radius 2 is 1.57 bits per heavy atom. The lowest BCUT2D eigenvalue weighted by molar-refractivity contribution is -0.165. The summed E-state index contributed by atoms with van der Waals surface area (Å²) >= 11 is 0. The topological polar surface area (TPSA) is 9.23 Å². The monoisotopic (exact) mass is 106 g/mol. The molecule has 0 amide bonds. The molecule has 0 aliphatic carbocycles. The van der Waals surface area contributed by atoms with Gasteiger partial charge in [0.2, 0.25) is 0 Å². The SMILES string of the molecule is C=C.CC(C)OF. The van der Waals surface area contributed by atoms with E-state index in [9.17, 15) is 4.53 Å². The average molecular weight is 106 g/mol. The molecule has 0 aromatic rings. The van der Waals surface area contributed by atoms with Crippen molar-refractivity contribution in [3.05, 3.63) is 13.2 Å². The molecular weight excluding hydrogens is 95.1 g/mol. The van der Waals surface area contributed by atoms with Gasteiger partial charge in [0, 0.05) is 0 Å². The van der Waals surface area contributed by atoms with Gasteiger partial charge in [0.05, 0.1) is 6.10 Å². The van der Waals surface area contributed by atoms with Gasteiger partial charge in [-0.05, 0) is 18.4 Å². The molecule has 1 nitrogen and oxygen atoms in total. The summed E-state index contributed by atoms with van der Waals surface area (Å²) in [6, 6.07) is 0. The molecule has 44 valence electrons. The predicted molar refractivity (Wildman–Crippen MR) is 28.6 cm³/mol. The molecule has 0 saturated carbocycles. The Kier molecular flexibility index (Phi) is 12.8. The highest BCUT2D eigenvalue weighted by Gasteiger charge is 1.83. The van der Waals surface area contributed by atoms with E-state index in [0.29, 0.717) is 0 Å². The average Bonchev–Trinajstić information content (AvgIpc) is 1.73. The van der Waals surface area contributed by atoms with Gasteiger partial charge in [0.15, 0.2) is 0 Å². The molecular formula is C5H11FO. The highest BCUT2D eigenvalue weighted by molar-refractivity contribution is 4.24. The van der Waals surface area contributed by atoms with Gasteiger partial charge >= 0.3 is 0 Å². The second-order valence-electron chi connectivity index (χ2n) is 1.14. The quantitative estimate of drug-likeness (QED) is 0.465. The van der Waals surface area contributed by atoms with E-state index in [4.69, 9.17) is 0 Å². The van der Waals surface area contributed by atoms with E-state index in [1.165, 1.54) is 0 Å². The fraction of sp³-hybridized carbons (Fsp3) is 0.600. The minimum Gasteiger partial charge on any atom is -0.191 e. The van der Waals surface area contributed by atoms with E-state index in [-0.39, 0.29) is 6.10 Å². The molecule has 0 heterocycles. The van der Waals surface area contributed by atoms with Gasteiger partial charge < -0.3 is 0 Å². The van der Waals surface area contributed by atoms with Gasteiger partial charge in [-0.1, -0.05) is 0 Å². The molecule has 0 N–H and O–H groups in total. The van der Waals surface area contributed by atoms with Gasteiger partial charge in [-0.25, -0.2) is 0 Å². The molecule has 0 rings (SSSR count). The van der Waals surface area contributed by atoms with Crippen molar-refractivity contribution >= 4 is 0 Å². The maximum atomic E-state index is 10.6. The van der Waals surface area contributed by atoms with Crippen LogP contribution in [0.2, 0.25) is 0 Å². The number of hydrogen-bond donors (Lipinski definition) is 0. The molecule has 0 bridgehead atoms. The van der Waals surface area contributed by atoms with Crippen LogP contribution >= 0.6 is 0 Å². The zero-order valence-electron chi connectivity index (χ0n) is 4.78. The first kappa shape index (κ1) is 9.80. The third-order valence-electron chi connectivity index (χ3n) is 0.178. The summed E-state index contributed by atoms with van der Waals surface area (Å²) in [6.07, 6.45) is -0.282. The number of hydrogen-bond acceptors (Lipinski definition) is 1. The summed E-state index contributed by atoms with van der Waals surface area (Å²) in [5.41, 5.74) is 0. The lowest BCUT2D eigenvalue weighted by atomic mass is 10.5. The van der Waals surface area contributed by atoms with Crippen molar-refractivity contribution in [3.8, 4) is 0 Å². The van der Waals surface area contributed by atoms with Crippen molar-refractivity contribution in [2.75, 3.05) is 0 Å². The van der Waals surface area contributed by atoms with Gasteiger partial charge in [0.25, 0.3) is 0 Å². The summed E-state index contributed by atoms with van der Waals surface area (Å²) in [5.74, 6) is 0. The van der Waals surface area contributed by atoms with Crippen LogP contribution < -0.4 is 0 Å². The maximum absolute atomic E-state index is 10.6. The largest absolute Gasteiger partial charge is 0.191 e. The van der Waals surface area contributed by atoms with E-state index in [0.717, 1.165) is 0 Å². The number of halogens is 1. The number of rotatable bonds is 1. The maximum Gasteiger partial charge on any atom is 0.0927 e. The molecule has 0 fully saturated rings. The van der Waals surface area contributed by atoms with Crippen LogP contribution in [0.3, 0.4) is 0 Å². The van der Waals surface area contributed by atoms with E-state index in [1.807, 2.05) is 0 Å². The second-order valence-corrected chi connectivity index (χ2v) is 1.14. The Morgan fingerprint density at radius 1 is 1.43 bits per heavy atom. The van der Waals surface area contributed by atoms with Crippen LogP contribution in [0.5, 0.6) is 0 Å². The summed E-state index contributed by atoms with van der Waals surface area (Å²) in [7, 11) is 0. The predicted octanol–water partition coefficient (Wildman–Crippen LogP) is 2.10. The van der Waals surface area contributed by atoms with Gasteiger partial charge in [-0.3, -0.25) is 0 Å². The van der Waals surface area contributed by atoms with E-state index >= 15 is 0 Å². The van der Waals surface area contributed by atoms with Crippen molar-refractivity contribution in [2.24, 2.45) is 0 Å². The summed E-state index contributed by atoms with van der Waals surface area (Å²) in [4.78, 5) is 3.25. The first-order chi connectivity index (χ1) is 3.27. The molecule has 2 heteroatoms.